The average molecular weight is 340 g/mol. The number of para-hydroxylation sites is 1. The Labute approximate surface area is 147 Å². The largest absolute Gasteiger partial charge is 0.633 e. The summed E-state index contributed by atoms with van der Waals surface area (Å²) < 4.78 is 5.09. The van der Waals surface area contributed by atoms with Crippen LogP contribution in [0.15, 0.2) is 35.5 Å². The molecule has 2 fully saturated rings. The molecule has 132 valence electrons. The summed E-state index contributed by atoms with van der Waals surface area (Å²) in [6.45, 7) is 3.42. The van der Waals surface area contributed by atoms with Crippen LogP contribution in [0.2, 0.25) is 0 Å². The van der Waals surface area contributed by atoms with Crippen molar-refractivity contribution in [3.8, 4) is 0 Å². The maximum absolute atomic E-state index is 13.7. The van der Waals surface area contributed by atoms with Gasteiger partial charge in [0.2, 0.25) is 0 Å². The molecule has 1 spiro atoms. The number of hydrogen-bond acceptors (Lipinski definition) is 4. The van der Waals surface area contributed by atoms with Crippen molar-refractivity contribution < 1.29 is 14.2 Å². The first-order valence-corrected chi connectivity index (χ1v) is 9.34. The number of esters is 1. The third-order valence-electron chi connectivity index (χ3n) is 7.27. The second-order valence-electron chi connectivity index (χ2n) is 7.98. The first-order chi connectivity index (χ1) is 12.1. The zero-order valence-electron chi connectivity index (χ0n) is 14.7. The molecule has 4 aliphatic rings. The number of quaternary nitrogens is 1. The minimum absolute atomic E-state index is 0.0100. The minimum Gasteiger partial charge on any atom is -0.633 e. The fraction of sp³-hybridized carbons (Fsp3) is 0.550. The van der Waals surface area contributed by atoms with Gasteiger partial charge in [-0.1, -0.05) is 25.1 Å². The van der Waals surface area contributed by atoms with E-state index in [4.69, 9.17) is 4.74 Å². The third kappa shape index (κ3) is 1.64. The fourth-order valence-corrected chi connectivity index (χ4v) is 6.46. The maximum atomic E-state index is 13.7. The zero-order chi connectivity index (χ0) is 17.4. The number of nitrogens with zero attached hydrogens (tertiary/aromatic N) is 1. The van der Waals surface area contributed by atoms with Gasteiger partial charge in [0.25, 0.3) is 0 Å². The molecule has 0 radical (unpaired) electrons. The number of anilines is 1. The number of carbonyl (C=O) groups is 1. The van der Waals surface area contributed by atoms with Gasteiger partial charge in [-0.25, -0.2) is 4.79 Å². The third-order valence-corrected chi connectivity index (χ3v) is 7.27. The molecule has 3 heterocycles. The summed E-state index contributed by atoms with van der Waals surface area (Å²) in [7, 11) is 1.46. The molecule has 5 atom stereocenters. The quantitative estimate of drug-likeness (QED) is 0.511. The van der Waals surface area contributed by atoms with Crippen LogP contribution in [0.25, 0.3) is 0 Å². The van der Waals surface area contributed by atoms with Gasteiger partial charge in [0.05, 0.1) is 31.2 Å². The molecule has 1 aromatic carbocycles. The summed E-state index contributed by atoms with van der Waals surface area (Å²) in [5, 5.41) is 17.2. The van der Waals surface area contributed by atoms with Crippen LogP contribution in [0.3, 0.4) is 0 Å². The van der Waals surface area contributed by atoms with Gasteiger partial charge in [0, 0.05) is 36.1 Å². The van der Waals surface area contributed by atoms with Crippen LogP contribution in [-0.2, 0) is 14.9 Å². The van der Waals surface area contributed by atoms with Crippen molar-refractivity contribution in [2.75, 3.05) is 25.5 Å². The Morgan fingerprint density at radius 3 is 2.96 bits per heavy atom. The lowest BCUT2D eigenvalue weighted by Gasteiger charge is -2.58. The lowest BCUT2D eigenvalue weighted by atomic mass is 9.57. The van der Waals surface area contributed by atoms with Crippen molar-refractivity contribution in [3.05, 3.63) is 46.3 Å². The Morgan fingerprint density at radius 1 is 1.40 bits per heavy atom. The highest BCUT2D eigenvalue weighted by Gasteiger charge is 2.69. The van der Waals surface area contributed by atoms with Crippen LogP contribution in [0.1, 0.15) is 31.7 Å². The monoisotopic (exact) mass is 340 g/mol. The number of methoxy groups -OCH3 is 1. The first kappa shape index (κ1) is 15.4. The lowest BCUT2D eigenvalue weighted by Crippen LogP contribution is -2.64. The Hall–Kier alpha value is -1.85. The number of rotatable bonds is 2. The number of benzene rings is 1. The summed E-state index contributed by atoms with van der Waals surface area (Å²) in [6, 6.07) is 8.27. The van der Waals surface area contributed by atoms with Crippen molar-refractivity contribution in [3.63, 3.8) is 0 Å². The molecule has 3 aliphatic heterocycles. The Kier molecular flexibility index (Phi) is 3.00. The number of carbonyl (C=O) groups excluding carboxylic acids is 1. The van der Waals surface area contributed by atoms with E-state index < -0.39 is 0 Å². The van der Waals surface area contributed by atoms with Crippen molar-refractivity contribution in [1.29, 1.82) is 0 Å². The predicted molar refractivity (Wildman–Crippen MR) is 94.4 cm³/mol. The van der Waals surface area contributed by atoms with Gasteiger partial charge in [0.15, 0.2) is 0 Å². The van der Waals surface area contributed by atoms with Crippen molar-refractivity contribution in [1.82, 2.24) is 0 Å². The Balaban J connectivity index is 1.85. The van der Waals surface area contributed by atoms with Crippen LogP contribution in [0.5, 0.6) is 0 Å². The second kappa shape index (κ2) is 4.86. The summed E-state index contributed by atoms with van der Waals surface area (Å²) in [5.74, 6) is 0.139. The van der Waals surface area contributed by atoms with Gasteiger partial charge < -0.3 is 19.9 Å². The molecule has 1 unspecified atom stereocenters. The molecule has 2 saturated heterocycles. The average Bonchev–Trinajstić information content (AvgIpc) is 3.14. The maximum Gasteiger partial charge on any atom is 0.335 e. The number of piperidine rings is 1. The van der Waals surface area contributed by atoms with E-state index in [2.05, 4.69) is 24.4 Å². The van der Waals surface area contributed by atoms with E-state index in [0.29, 0.717) is 13.1 Å². The summed E-state index contributed by atoms with van der Waals surface area (Å²) in [6.07, 6.45) is 2.51. The standard InChI is InChI=1S/C20H24N2O3/c1-3-12-13-8-10-22(24)11-9-20(18(12)22)14-6-4-5-7-15(14)21-17(20)16(13)19(23)25-2/h4-7,12-13,18,21H,3,8-11H2,1-2H3/t12-,13-,18+,20+,22?/m0/s1. The predicted octanol–water partition coefficient (Wildman–Crippen LogP) is 2.92. The Bertz CT molecular complexity index is 804. The van der Waals surface area contributed by atoms with E-state index >= 15 is 0 Å². The summed E-state index contributed by atoms with van der Waals surface area (Å²) >= 11 is 0. The number of ether oxygens (including phenoxy) is 1. The minimum atomic E-state index is -0.348. The normalized spacial score (nSPS) is 40.4. The van der Waals surface area contributed by atoms with Crippen LogP contribution in [0, 0.1) is 17.0 Å². The van der Waals surface area contributed by atoms with Gasteiger partial charge in [-0.05, 0) is 18.1 Å². The number of nitrogens with one attached hydrogen (secondary N) is 1. The molecule has 1 N–H and O–H groups in total. The van der Waals surface area contributed by atoms with Crippen molar-refractivity contribution in [2.24, 2.45) is 11.8 Å². The van der Waals surface area contributed by atoms with Crippen LogP contribution >= 0.6 is 0 Å². The Morgan fingerprint density at radius 2 is 2.20 bits per heavy atom. The SMILES string of the molecule is CC[C@H]1[C@@H]2CC[N+]3([O-])CC[C@@]4(C(=C2C(=O)OC)Nc2ccccc24)[C@@H]13. The highest BCUT2D eigenvalue weighted by Crippen LogP contribution is 2.64. The topological polar surface area (TPSA) is 61.4 Å². The van der Waals surface area contributed by atoms with E-state index in [9.17, 15) is 10.0 Å². The van der Waals surface area contributed by atoms with E-state index in [-0.39, 0.29) is 33.9 Å². The number of hydroxylamine groups is 3. The van der Waals surface area contributed by atoms with Crippen molar-refractivity contribution in [2.45, 2.75) is 37.6 Å². The molecule has 2 bridgehead atoms. The van der Waals surface area contributed by atoms with E-state index in [0.717, 1.165) is 36.2 Å². The summed E-state index contributed by atoms with van der Waals surface area (Å²) in [5.41, 5.74) is 3.67. The number of fused-ring (bicyclic) bond motifs is 2. The molecule has 5 heteroatoms. The second-order valence-corrected chi connectivity index (χ2v) is 7.98. The molecular formula is C20H24N2O3. The smallest absolute Gasteiger partial charge is 0.335 e. The highest BCUT2D eigenvalue weighted by molar-refractivity contribution is 5.93. The first-order valence-electron chi connectivity index (χ1n) is 9.34. The van der Waals surface area contributed by atoms with E-state index in [1.165, 1.54) is 12.7 Å². The van der Waals surface area contributed by atoms with E-state index in [1.807, 2.05) is 12.1 Å². The van der Waals surface area contributed by atoms with Gasteiger partial charge >= 0.3 is 5.97 Å². The molecule has 5 rings (SSSR count). The molecule has 25 heavy (non-hydrogen) atoms. The van der Waals surface area contributed by atoms with Gasteiger partial charge in [-0.15, -0.1) is 0 Å². The molecule has 0 aromatic heterocycles. The highest BCUT2D eigenvalue weighted by atomic mass is 16.6. The molecular weight excluding hydrogens is 316 g/mol. The molecule has 1 aliphatic carbocycles. The lowest BCUT2D eigenvalue weighted by molar-refractivity contribution is -0.906. The summed E-state index contributed by atoms with van der Waals surface area (Å²) in [4.78, 5) is 12.8. The van der Waals surface area contributed by atoms with E-state index in [1.54, 1.807) is 0 Å². The van der Waals surface area contributed by atoms with Gasteiger partial charge in [-0.3, -0.25) is 0 Å². The zero-order valence-corrected chi connectivity index (χ0v) is 14.7. The number of hydrogen-bond donors (Lipinski definition) is 1. The molecule has 0 saturated carbocycles. The van der Waals surface area contributed by atoms with Crippen LogP contribution in [-0.4, -0.2) is 36.9 Å². The van der Waals surface area contributed by atoms with Crippen LogP contribution < -0.4 is 5.32 Å². The van der Waals surface area contributed by atoms with Crippen LogP contribution in [0.4, 0.5) is 5.69 Å². The molecule has 0 amide bonds. The van der Waals surface area contributed by atoms with Gasteiger partial charge in [0.1, 0.15) is 6.04 Å². The van der Waals surface area contributed by atoms with Gasteiger partial charge in [-0.2, -0.15) is 0 Å². The molecule has 5 nitrogen and oxygen atoms in total. The fourth-order valence-electron chi connectivity index (χ4n) is 6.46. The van der Waals surface area contributed by atoms with Crippen molar-refractivity contribution >= 4 is 11.7 Å². The molecule has 1 aromatic rings.